The van der Waals surface area contributed by atoms with Gasteiger partial charge < -0.3 is 5.32 Å². The van der Waals surface area contributed by atoms with Gasteiger partial charge in [-0.1, -0.05) is 19.1 Å². The van der Waals surface area contributed by atoms with E-state index in [9.17, 15) is 8.42 Å². The molecule has 5 heteroatoms. The maximum Gasteiger partial charge on any atom is 0.240 e. The first-order valence-electron chi connectivity index (χ1n) is 7.35. The molecule has 112 valence electrons. The van der Waals surface area contributed by atoms with Crippen molar-refractivity contribution in [3.63, 3.8) is 0 Å². The molecule has 1 aliphatic rings. The third-order valence-corrected chi connectivity index (χ3v) is 5.60. The van der Waals surface area contributed by atoms with Crippen LogP contribution in [0.3, 0.4) is 0 Å². The van der Waals surface area contributed by atoms with Gasteiger partial charge in [0.25, 0.3) is 0 Å². The highest BCUT2D eigenvalue weighted by molar-refractivity contribution is 7.89. The minimum atomic E-state index is -3.41. The zero-order valence-corrected chi connectivity index (χ0v) is 13.0. The van der Waals surface area contributed by atoms with Crippen LogP contribution in [0.25, 0.3) is 0 Å². The zero-order valence-electron chi connectivity index (χ0n) is 12.2. The molecule has 1 aromatic rings. The Labute approximate surface area is 122 Å². The number of piperidine rings is 1. The Morgan fingerprint density at radius 1 is 1.35 bits per heavy atom. The molecular formula is C15H24N2O2S. The Bertz CT molecular complexity index is 519. The van der Waals surface area contributed by atoms with Gasteiger partial charge in [0.1, 0.15) is 0 Å². The van der Waals surface area contributed by atoms with Gasteiger partial charge in [-0.3, -0.25) is 0 Å². The van der Waals surface area contributed by atoms with Crippen LogP contribution in [0.4, 0.5) is 0 Å². The van der Waals surface area contributed by atoms with Crippen LogP contribution in [-0.4, -0.2) is 27.5 Å². The average Bonchev–Trinajstić information content (AvgIpc) is 2.48. The number of hydrogen-bond acceptors (Lipinski definition) is 3. The summed E-state index contributed by atoms with van der Waals surface area (Å²) in [5.74, 6) is 0.369. The Kier molecular flexibility index (Phi) is 5.18. The fourth-order valence-electron chi connectivity index (χ4n) is 2.62. The highest BCUT2D eigenvalue weighted by Gasteiger charge is 2.24. The molecule has 0 aromatic heterocycles. The quantitative estimate of drug-likeness (QED) is 0.873. The van der Waals surface area contributed by atoms with Crippen LogP contribution >= 0.6 is 0 Å². The SMILES string of the molecule is CCc1ccc(S(=O)(=O)NC(C)C2CCCNC2)cc1. The summed E-state index contributed by atoms with van der Waals surface area (Å²) >= 11 is 0. The minimum absolute atomic E-state index is 0.0429. The first-order valence-corrected chi connectivity index (χ1v) is 8.83. The van der Waals surface area contributed by atoms with Gasteiger partial charge in [0.15, 0.2) is 0 Å². The number of sulfonamides is 1. The van der Waals surface area contributed by atoms with Crippen LogP contribution in [0.1, 0.15) is 32.3 Å². The van der Waals surface area contributed by atoms with Crippen molar-refractivity contribution in [2.24, 2.45) is 5.92 Å². The topological polar surface area (TPSA) is 58.2 Å². The Morgan fingerprint density at radius 3 is 2.60 bits per heavy atom. The fraction of sp³-hybridized carbons (Fsp3) is 0.600. The van der Waals surface area contributed by atoms with Gasteiger partial charge in [-0.25, -0.2) is 13.1 Å². The van der Waals surface area contributed by atoms with E-state index in [2.05, 4.69) is 17.0 Å². The second-order valence-electron chi connectivity index (χ2n) is 5.51. The van der Waals surface area contributed by atoms with Crippen molar-refractivity contribution in [2.45, 2.75) is 44.0 Å². The average molecular weight is 296 g/mol. The van der Waals surface area contributed by atoms with Crippen molar-refractivity contribution >= 4 is 10.0 Å². The van der Waals surface area contributed by atoms with Crippen molar-refractivity contribution in [1.29, 1.82) is 0 Å². The lowest BCUT2D eigenvalue weighted by atomic mass is 9.94. The lowest BCUT2D eigenvalue weighted by Gasteiger charge is -2.28. The van der Waals surface area contributed by atoms with E-state index in [1.165, 1.54) is 0 Å². The van der Waals surface area contributed by atoms with E-state index < -0.39 is 10.0 Å². The number of rotatable bonds is 5. The third kappa shape index (κ3) is 3.81. The molecule has 0 amide bonds. The second-order valence-corrected chi connectivity index (χ2v) is 7.23. The van der Waals surface area contributed by atoms with Gasteiger partial charge in [-0.15, -0.1) is 0 Å². The van der Waals surface area contributed by atoms with E-state index in [0.29, 0.717) is 10.8 Å². The van der Waals surface area contributed by atoms with Crippen molar-refractivity contribution in [3.05, 3.63) is 29.8 Å². The van der Waals surface area contributed by atoms with Crippen LogP contribution in [0.5, 0.6) is 0 Å². The van der Waals surface area contributed by atoms with Gasteiger partial charge >= 0.3 is 0 Å². The Balaban J connectivity index is 2.05. The number of benzene rings is 1. The normalized spacial score (nSPS) is 21.6. The van der Waals surface area contributed by atoms with E-state index in [-0.39, 0.29) is 6.04 Å². The van der Waals surface area contributed by atoms with Crippen LogP contribution in [0, 0.1) is 5.92 Å². The zero-order chi connectivity index (χ0) is 14.6. The molecule has 2 N–H and O–H groups in total. The van der Waals surface area contributed by atoms with E-state index in [1.807, 2.05) is 19.1 Å². The molecule has 1 aromatic carbocycles. The molecule has 20 heavy (non-hydrogen) atoms. The summed E-state index contributed by atoms with van der Waals surface area (Å²) in [4.78, 5) is 0.352. The Hall–Kier alpha value is -0.910. The summed E-state index contributed by atoms with van der Waals surface area (Å²) in [7, 11) is -3.41. The molecule has 4 nitrogen and oxygen atoms in total. The molecule has 0 saturated carbocycles. The second kappa shape index (κ2) is 6.70. The number of aryl methyl sites for hydroxylation is 1. The summed E-state index contributed by atoms with van der Waals surface area (Å²) in [5, 5.41) is 3.32. The van der Waals surface area contributed by atoms with E-state index in [1.54, 1.807) is 12.1 Å². The predicted molar refractivity (Wildman–Crippen MR) is 81.2 cm³/mol. The molecule has 0 bridgehead atoms. The van der Waals surface area contributed by atoms with Gasteiger partial charge in [-0.2, -0.15) is 0 Å². The fourth-order valence-corrected chi connectivity index (χ4v) is 3.93. The molecule has 2 unspecified atom stereocenters. The standard InChI is InChI=1S/C15H24N2O2S/c1-3-13-6-8-15(9-7-13)20(18,19)17-12(2)14-5-4-10-16-11-14/h6-9,12,14,16-17H,3-5,10-11H2,1-2H3. The summed E-state index contributed by atoms with van der Waals surface area (Å²) in [6, 6.07) is 7.08. The van der Waals surface area contributed by atoms with Crippen LogP contribution in [0.15, 0.2) is 29.2 Å². The number of hydrogen-bond donors (Lipinski definition) is 2. The van der Waals surface area contributed by atoms with E-state index >= 15 is 0 Å². The highest BCUT2D eigenvalue weighted by atomic mass is 32.2. The molecule has 2 rings (SSSR count). The maximum absolute atomic E-state index is 12.4. The lowest BCUT2D eigenvalue weighted by Crippen LogP contribution is -2.44. The van der Waals surface area contributed by atoms with Crippen LogP contribution in [0.2, 0.25) is 0 Å². The first kappa shape index (κ1) is 15.5. The predicted octanol–water partition coefficient (Wildman–Crippen LogP) is 1.92. The lowest BCUT2D eigenvalue weighted by molar-refractivity contribution is 0.320. The summed E-state index contributed by atoms with van der Waals surface area (Å²) in [5.41, 5.74) is 1.15. The van der Waals surface area contributed by atoms with Crippen molar-refractivity contribution < 1.29 is 8.42 Å². The molecule has 2 atom stereocenters. The van der Waals surface area contributed by atoms with Gasteiger partial charge in [0, 0.05) is 6.04 Å². The van der Waals surface area contributed by atoms with Crippen molar-refractivity contribution in [1.82, 2.24) is 10.0 Å². The van der Waals surface area contributed by atoms with E-state index in [4.69, 9.17) is 0 Å². The Morgan fingerprint density at radius 2 is 2.05 bits per heavy atom. The van der Waals surface area contributed by atoms with E-state index in [0.717, 1.165) is 37.9 Å². The van der Waals surface area contributed by atoms with Crippen LogP contribution < -0.4 is 10.0 Å². The molecule has 0 radical (unpaired) electrons. The molecule has 0 aliphatic carbocycles. The van der Waals surface area contributed by atoms with Gasteiger partial charge in [0.2, 0.25) is 10.0 Å². The molecule has 1 saturated heterocycles. The minimum Gasteiger partial charge on any atom is -0.316 e. The molecule has 1 heterocycles. The smallest absolute Gasteiger partial charge is 0.240 e. The maximum atomic E-state index is 12.4. The first-order chi connectivity index (χ1) is 9.53. The third-order valence-electron chi connectivity index (χ3n) is 4.03. The summed E-state index contributed by atoms with van der Waals surface area (Å²) in [6.45, 7) is 5.93. The molecule has 0 spiro atoms. The molecule has 1 aliphatic heterocycles. The number of nitrogens with one attached hydrogen (secondary N) is 2. The monoisotopic (exact) mass is 296 g/mol. The molecule has 1 fully saturated rings. The molecular weight excluding hydrogens is 272 g/mol. The van der Waals surface area contributed by atoms with Crippen molar-refractivity contribution in [2.75, 3.05) is 13.1 Å². The largest absolute Gasteiger partial charge is 0.316 e. The van der Waals surface area contributed by atoms with Gasteiger partial charge in [0.05, 0.1) is 4.90 Å². The van der Waals surface area contributed by atoms with Gasteiger partial charge in [-0.05, 0) is 62.9 Å². The summed E-state index contributed by atoms with van der Waals surface area (Å²) in [6.07, 6.45) is 3.10. The van der Waals surface area contributed by atoms with Crippen LogP contribution in [-0.2, 0) is 16.4 Å². The highest BCUT2D eigenvalue weighted by Crippen LogP contribution is 2.17. The van der Waals surface area contributed by atoms with Crippen molar-refractivity contribution in [3.8, 4) is 0 Å². The summed E-state index contributed by atoms with van der Waals surface area (Å²) < 4.78 is 27.5.